The Morgan fingerprint density at radius 1 is 1.12 bits per heavy atom. The topological polar surface area (TPSA) is 31.9 Å². The van der Waals surface area contributed by atoms with Crippen LogP contribution >= 0.6 is 11.3 Å². The van der Waals surface area contributed by atoms with E-state index in [0.29, 0.717) is 0 Å². The van der Waals surface area contributed by atoms with Crippen LogP contribution in [0.4, 0.5) is 5.69 Å². The van der Waals surface area contributed by atoms with Crippen LogP contribution in [-0.2, 0) is 13.0 Å². The van der Waals surface area contributed by atoms with E-state index in [2.05, 4.69) is 62.9 Å². The number of anilines is 1. The SMILES string of the molecule is Cc1c(N2CCc3ccc(-c4ccsc4)cc3C2)cnc2[nH]ccc12. The summed E-state index contributed by atoms with van der Waals surface area (Å²) in [6, 6.07) is 11.2. The summed E-state index contributed by atoms with van der Waals surface area (Å²) in [5.74, 6) is 0. The molecule has 1 aliphatic rings. The zero-order valence-electron chi connectivity index (χ0n) is 14.1. The predicted molar refractivity (Wildman–Crippen MR) is 105 cm³/mol. The van der Waals surface area contributed by atoms with Crippen LogP contribution in [0.25, 0.3) is 22.2 Å². The molecule has 124 valence electrons. The van der Waals surface area contributed by atoms with Gasteiger partial charge in [-0.3, -0.25) is 0 Å². The lowest BCUT2D eigenvalue weighted by Gasteiger charge is -2.32. The highest BCUT2D eigenvalue weighted by Gasteiger charge is 2.20. The number of fused-ring (bicyclic) bond motifs is 2. The lowest BCUT2D eigenvalue weighted by Crippen LogP contribution is -2.31. The van der Waals surface area contributed by atoms with Gasteiger partial charge in [0.25, 0.3) is 0 Å². The van der Waals surface area contributed by atoms with Gasteiger partial charge < -0.3 is 9.88 Å². The minimum atomic E-state index is 0.950. The molecule has 0 bridgehead atoms. The minimum Gasteiger partial charge on any atom is -0.365 e. The zero-order valence-corrected chi connectivity index (χ0v) is 14.9. The van der Waals surface area contributed by atoms with Gasteiger partial charge in [0, 0.05) is 24.7 Å². The largest absolute Gasteiger partial charge is 0.365 e. The molecular formula is C21H19N3S. The number of benzene rings is 1. The van der Waals surface area contributed by atoms with Crippen LogP contribution in [-0.4, -0.2) is 16.5 Å². The Morgan fingerprint density at radius 2 is 2.08 bits per heavy atom. The lowest BCUT2D eigenvalue weighted by atomic mass is 9.95. The summed E-state index contributed by atoms with van der Waals surface area (Å²) in [7, 11) is 0. The molecule has 0 saturated carbocycles. The standard InChI is InChI=1S/C21H19N3S/c1-14-19-4-7-22-21(19)23-11-20(14)24-8-5-15-2-3-16(10-18(15)12-24)17-6-9-25-13-17/h2-4,6-7,9-11,13H,5,8,12H2,1H3,(H,22,23). The molecule has 5 rings (SSSR count). The van der Waals surface area contributed by atoms with Crippen molar-refractivity contribution in [2.24, 2.45) is 0 Å². The number of aryl methyl sites for hydroxylation is 1. The number of pyridine rings is 1. The van der Waals surface area contributed by atoms with E-state index in [-0.39, 0.29) is 0 Å². The number of aromatic amines is 1. The fourth-order valence-corrected chi connectivity index (χ4v) is 4.49. The van der Waals surface area contributed by atoms with Gasteiger partial charge in [-0.15, -0.1) is 0 Å². The molecule has 0 unspecified atom stereocenters. The van der Waals surface area contributed by atoms with Crippen LogP contribution in [0.3, 0.4) is 0 Å². The van der Waals surface area contributed by atoms with Gasteiger partial charge in [-0.2, -0.15) is 11.3 Å². The number of nitrogens with zero attached hydrogens (tertiary/aromatic N) is 2. The summed E-state index contributed by atoms with van der Waals surface area (Å²) in [5.41, 5.74) is 9.07. The number of aromatic nitrogens is 2. The van der Waals surface area contributed by atoms with E-state index < -0.39 is 0 Å². The van der Waals surface area contributed by atoms with Crippen molar-refractivity contribution in [3.63, 3.8) is 0 Å². The summed E-state index contributed by atoms with van der Waals surface area (Å²) < 4.78 is 0. The highest BCUT2D eigenvalue weighted by atomic mass is 32.1. The molecule has 1 aromatic carbocycles. The third-order valence-electron chi connectivity index (χ3n) is 5.24. The molecule has 4 heterocycles. The van der Waals surface area contributed by atoms with Gasteiger partial charge in [-0.1, -0.05) is 12.1 Å². The van der Waals surface area contributed by atoms with Crippen molar-refractivity contribution in [2.75, 3.05) is 11.4 Å². The molecule has 0 aliphatic carbocycles. The molecule has 4 heteroatoms. The fraction of sp³-hybridized carbons (Fsp3) is 0.190. The first-order valence-corrected chi connectivity index (χ1v) is 9.56. The highest BCUT2D eigenvalue weighted by molar-refractivity contribution is 7.08. The third-order valence-corrected chi connectivity index (χ3v) is 5.93. The molecule has 0 fully saturated rings. The maximum atomic E-state index is 4.60. The van der Waals surface area contributed by atoms with E-state index in [0.717, 1.165) is 25.2 Å². The molecule has 25 heavy (non-hydrogen) atoms. The van der Waals surface area contributed by atoms with Crippen molar-refractivity contribution in [1.29, 1.82) is 0 Å². The number of thiophene rings is 1. The average molecular weight is 345 g/mol. The van der Waals surface area contributed by atoms with Gasteiger partial charge in [0.15, 0.2) is 0 Å². The molecule has 4 aromatic rings. The number of rotatable bonds is 2. The molecule has 0 atom stereocenters. The smallest absolute Gasteiger partial charge is 0.137 e. The number of hydrogen-bond donors (Lipinski definition) is 1. The normalized spacial score (nSPS) is 14.0. The quantitative estimate of drug-likeness (QED) is 0.544. The van der Waals surface area contributed by atoms with Crippen LogP contribution < -0.4 is 4.90 Å². The summed E-state index contributed by atoms with van der Waals surface area (Å²) >= 11 is 1.75. The fourth-order valence-electron chi connectivity index (χ4n) is 3.82. The Kier molecular flexibility index (Phi) is 3.38. The van der Waals surface area contributed by atoms with E-state index in [1.807, 2.05) is 12.4 Å². The maximum absolute atomic E-state index is 4.60. The van der Waals surface area contributed by atoms with E-state index in [1.54, 1.807) is 11.3 Å². The van der Waals surface area contributed by atoms with Gasteiger partial charge in [0.2, 0.25) is 0 Å². The molecule has 1 N–H and O–H groups in total. The Balaban J connectivity index is 1.52. The lowest BCUT2D eigenvalue weighted by molar-refractivity contribution is 0.729. The van der Waals surface area contributed by atoms with Gasteiger partial charge in [0.05, 0.1) is 11.9 Å². The van der Waals surface area contributed by atoms with E-state index >= 15 is 0 Å². The van der Waals surface area contributed by atoms with E-state index in [1.165, 1.54) is 38.9 Å². The van der Waals surface area contributed by atoms with Crippen LogP contribution in [0.2, 0.25) is 0 Å². The summed E-state index contributed by atoms with van der Waals surface area (Å²) in [6.45, 7) is 4.19. The average Bonchev–Trinajstić information content (AvgIpc) is 3.33. The van der Waals surface area contributed by atoms with Gasteiger partial charge >= 0.3 is 0 Å². The number of H-pyrrole nitrogens is 1. The molecular weight excluding hydrogens is 326 g/mol. The molecule has 3 nitrogen and oxygen atoms in total. The van der Waals surface area contributed by atoms with Crippen molar-refractivity contribution in [1.82, 2.24) is 9.97 Å². The van der Waals surface area contributed by atoms with E-state index in [9.17, 15) is 0 Å². The first kappa shape index (κ1) is 14.7. The van der Waals surface area contributed by atoms with Gasteiger partial charge in [-0.25, -0.2) is 4.98 Å². The maximum Gasteiger partial charge on any atom is 0.137 e. The van der Waals surface area contributed by atoms with Gasteiger partial charge in [0.1, 0.15) is 5.65 Å². The number of nitrogens with one attached hydrogen (secondary N) is 1. The molecule has 0 amide bonds. The van der Waals surface area contributed by atoms with Crippen LogP contribution in [0, 0.1) is 6.92 Å². The second-order valence-electron chi connectivity index (χ2n) is 6.68. The summed E-state index contributed by atoms with van der Waals surface area (Å²) in [4.78, 5) is 10.3. The summed E-state index contributed by atoms with van der Waals surface area (Å²) in [6.07, 6.45) is 5.07. The van der Waals surface area contributed by atoms with Gasteiger partial charge in [-0.05, 0) is 70.1 Å². The van der Waals surface area contributed by atoms with Crippen molar-refractivity contribution in [3.8, 4) is 11.1 Å². The number of hydrogen-bond acceptors (Lipinski definition) is 3. The third kappa shape index (κ3) is 2.45. The molecule has 0 saturated heterocycles. The second kappa shape index (κ2) is 5.74. The Morgan fingerprint density at radius 3 is 2.96 bits per heavy atom. The first-order valence-electron chi connectivity index (χ1n) is 8.61. The Bertz CT molecular complexity index is 1050. The second-order valence-corrected chi connectivity index (χ2v) is 7.46. The Labute approximate surface area is 151 Å². The first-order chi connectivity index (χ1) is 12.3. The van der Waals surface area contributed by atoms with Crippen molar-refractivity contribution in [2.45, 2.75) is 19.9 Å². The molecule has 1 aliphatic heterocycles. The van der Waals surface area contributed by atoms with Crippen LogP contribution in [0.1, 0.15) is 16.7 Å². The zero-order chi connectivity index (χ0) is 16.8. The van der Waals surface area contributed by atoms with Crippen molar-refractivity contribution < 1.29 is 0 Å². The predicted octanol–water partition coefficient (Wildman–Crippen LogP) is 5.16. The van der Waals surface area contributed by atoms with Crippen molar-refractivity contribution in [3.05, 3.63) is 70.2 Å². The van der Waals surface area contributed by atoms with Crippen LogP contribution in [0.15, 0.2) is 53.5 Å². The highest BCUT2D eigenvalue weighted by Crippen LogP contribution is 2.32. The summed E-state index contributed by atoms with van der Waals surface area (Å²) in [5, 5.41) is 5.58. The van der Waals surface area contributed by atoms with E-state index in [4.69, 9.17) is 0 Å². The van der Waals surface area contributed by atoms with Crippen LogP contribution in [0.5, 0.6) is 0 Å². The minimum absolute atomic E-state index is 0.950. The molecule has 3 aromatic heterocycles. The van der Waals surface area contributed by atoms with Crippen molar-refractivity contribution >= 4 is 28.1 Å². The monoisotopic (exact) mass is 345 g/mol. The molecule has 0 radical (unpaired) electrons. The molecule has 0 spiro atoms. The Hall–Kier alpha value is -2.59.